The molecule has 3 N–H and O–H groups in total. The second kappa shape index (κ2) is 6.03. The van der Waals surface area contributed by atoms with Crippen LogP contribution in [0.15, 0.2) is 24.3 Å². The van der Waals surface area contributed by atoms with E-state index in [1.807, 2.05) is 12.1 Å². The molecule has 96 valence electrons. The topological polar surface area (TPSA) is 55.5 Å². The van der Waals surface area contributed by atoms with Gasteiger partial charge < -0.3 is 15.6 Å². The molecular formula is C14H23NO2. The van der Waals surface area contributed by atoms with Crippen LogP contribution in [0, 0.1) is 0 Å². The third-order valence-corrected chi connectivity index (χ3v) is 2.97. The van der Waals surface area contributed by atoms with Gasteiger partial charge in [0.1, 0.15) is 5.75 Å². The molecule has 0 aromatic heterocycles. The Bertz CT molecular complexity index is 333. The first kappa shape index (κ1) is 14.0. The van der Waals surface area contributed by atoms with E-state index < -0.39 is 0 Å². The Morgan fingerprint density at radius 3 is 2.41 bits per heavy atom. The molecule has 0 fully saturated rings. The Labute approximate surface area is 104 Å². The molecule has 17 heavy (non-hydrogen) atoms. The number of hydrogen-bond acceptors (Lipinski definition) is 3. The highest BCUT2D eigenvalue weighted by Gasteiger charge is 2.16. The summed E-state index contributed by atoms with van der Waals surface area (Å²) in [4.78, 5) is 0. The molecule has 0 spiro atoms. The van der Waals surface area contributed by atoms with Crippen molar-refractivity contribution in [2.75, 3.05) is 6.61 Å². The molecule has 0 heterocycles. The molecule has 0 bridgehead atoms. The van der Waals surface area contributed by atoms with E-state index in [-0.39, 0.29) is 17.4 Å². The lowest BCUT2D eigenvalue weighted by molar-refractivity contribution is -0.0263. The standard InChI is InChI=1S/C14H23NO2/c1-4-14(2,3)17-10-12(15)9-11-5-7-13(16)8-6-11/h5-8,12,16H,4,9-10,15H2,1-3H3. The summed E-state index contributed by atoms with van der Waals surface area (Å²) >= 11 is 0. The van der Waals surface area contributed by atoms with E-state index in [1.165, 1.54) is 0 Å². The smallest absolute Gasteiger partial charge is 0.115 e. The number of phenolic OH excluding ortho intramolecular Hbond substituents is 1. The summed E-state index contributed by atoms with van der Waals surface area (Å²) in [5.41, 5.74) is 7.03. The quantitative estimate of drug-likeness (QED) is 0.799. The number of ether oxygens (including phenoxy) is 1. The lowest BCUT2D eigenvalue weighted by Gasteiger charge is -2.25. The SMILES string of the molecule is CCC(C)(C)OCC(N)Cc1ccc(O)cc1. The molecule has 0 aliphatic rings. The second-order valence-electron chi connectivity index (χ2n) is 5.05. The highest BCUT2D eigenvalue weighted by molar-refractivity contribution is 5.26. The van der Waals surface area contributed by atoms with Gasteiger partial charge in [-0.15, -0.1) is 0 Å². The summed E-state index contributed by atoms with van der Waals surface area (Å²) in [5.74, 6) is 0.283. The van der Waals surface area contributed by atoms with E-state index >= 15 is 0 Å². The van der Waals surface area contributed by atoms with Crippen LogP contribution >= 0.6 is 0 Å². The zero-order chi connectivity index (χ0) is 12.9. The predicted molar refractivity (Wildman–Crippen MR) is 70.1 cm³/mol. The molecule has 0 aliphatic carbocycles. The molecule has 1 aromatic carbocycles. The average Bonchev–Trinajstić information content (AvgIpc) is 2.30. The number of benzene rings is 1. The van der Waals surface area contributed by atoms with Crippen LogP contribution in [0.1, 0.15) is 32.8 Å². The lowest BCUT2D eigenvalue weighted by Crippen LogP contribution is -2.34. The molecule has 0 saturated carbocycles. The average molecular weight is 237 g/mol. The van der Waals surface area contributed by atoms with Gasteiger partial charge in [0, 0.05) is 6.04 Å². The molecule has 3 nitrogen and oxygen atoms in total. The molecule has 1 rings (SSSR count). The zero-order valence-electron chi connectivity index (χ0n) is 10.9. The van der Waals surface area contributed by atoms with Crippen molar-refractivity contribution < 1.29 is 9.84 Å². The highest BCUT2D eigenvalue weighted by Crippen LogP contribution is 2.15. The first-order chi connectivity index (χ1) is 7.93. The Balaban J connectivity index is 2.39. The van der Waals surface area contributed by atoms with Gasteiger partial charge in [-0.05, 0) is 44.4 Å². The highest BCUT2D eigenvalue weighted by atomic mass is 16.5. The monoisotopic (exact) mass is 237 g/mol. The van der Waals surface area contributed by atoms with E-state index in [2.05, 4.69) is 20.8 Å². The van der Waals surface area contributed by atoms with Gasteiger partial charge in [-0.25, -0.2) is 0 Å². The number of nitrogens with two attached hydrogens (primary N) is 1. The maximum atomic E-state index is 9.18. The molecule has 0 radical (unpaired) electrons. The Morgan fingerprint density at radius 2 is 1.88 bits per heavy atom. The maximum Gasteiger partial charge on any atom is 0.115 e. The number of hydrogen-bond donors (Lipinski definition) is 2. The third-order valence-electron chi connectivity index (χ3n) is 2.97. The van der Waals surface area contributed by atoms with Crippen LogP contribution in [-0.4, -0.2) is 23.4 Å². The van der Waals surface area contributed by atoms with Gasteiger partial charge in [-0.2, -0.15) is 0 Å². The van der Waals surface area contributed by atoms with Crippen LogP contribution in [-0.2, 0) is 11.2 Å². The molecular weight excluding hydrogens is 214 g/mol. The van der Waals surface area contributed by atoms with E-state index in [4.69, 9.17) is 10.5 Å². The minimum absolute atomic E-state index is 0.00892. The van der Waals surface area contributed by atoms with Crippen molar-refractivity contribution in [2.24, 2.45) is 5.73 Å². The van der Waals surface area contributed by atoms with Crippen molar-refractivity contribution in [3.05, 3.63) is 29.8 Å². The molecule has 3 heteroatoms. The first-order valence-electron chi connectivity index (χ1n) is 6.10. The molecule has 0 aliphatic heterocycles. The molecule has 1 unspecified atom stereocenters. The summed E-state index contributed by atoms with van der Waals surface area (Å²) in [7, 11) is 0. The van der Waals surface area contributed by atoms with Crippen molar-refractivity contribution in [3.63, 3.8) is 0 Å². The van der Waals surface area contributed by atoms with E-state index in [0.29, 0.717) is 6.61 Å². The molecule has 0 saturated heterocycles. The van der Waals surface area contributed by atoms with E-state index in [0.717, 1.165) is 18.4 Å². The van der Waals surface area contributed by atoms with Crippen molar-refractivity contribution in [2.45, 2.75) is 45.3 Å². The summed E-state index contributed by atoms with van der Waals surface area (Å²) in [6, 6.07) is 7.13. The van der Waals surface area contributed by atoms with E-state index in [1.54, 1.807) is 12.1 Å². The summed E-state index contributed by atoms with van der Waals surface area (Å²) in [6.45, 7) is 6.80. The molecule has 0 amide bonds. The summed E-state index contributed by atoms with van der Waals surface area (Å²) in [6.07, 6.45) is 1.74. The van der Waals surface area contributed by atoms with Gasteiger partial charge in [0.05, 0.1) is 12.2 Å². The second-order valence-corrected chi connectivity index (χ2v) is 5.05. The van der Waals surface area contributed by atoms with Crippen molar-refractivity contribution >= 4 is 0 Å². The van der Waals surface area contributed by atoms with Gasteiger partial charge in [-0.3, -0.25) is 0 Å². The van der Waals surface area contributed by atoms with Crippen LogP contribution in [0.25, 0.3) is 0 Å². The van der Waals surface area contributed by atoms with Gasteiger partial charge >= 0.3 is 0 Å². The van der Waals surface area contributed by atoms with Crippen LogP contribution < -0.4 is 5.73 Å². The van der Waals surface area contributed by atoms with Crippen LogP contribution in [0.3, 0.4) is 0 Å². The summed E-state index contributed by atoms with van der Waals surface area (Å²) < 4.78 is 5.76. The van der Waals surface area contributed by atoms with Gasteiger partial charge in [-0.1, -0.05) is 19.1 Å². The van der Waals surface area contributed by atoms with Gasteiger partial charge in [0.2, 0.25) is 0 Å². The largest absolute Gasteiger partial charge is 0.508 e. The maximum absolute atomic E-state index is 9.18. The van der Waals surface area contributed by atoms with Crippen molar-refractivity contribution in [3.8, 4) is 5.75 Å². The summed E-state index contributed by atoms with van der Waals surface area (Å²) in [5, 5.41) is 9.18. The minimum Gasteiger partial charge on any atom is -0.508 e. The Morgan fingerprint density at radius 1 is 1.29 bits per heavy atom. The Hall–Kier alpha value is -1.06. The number of rotatable bonds is 6. The normalized spacial score (nSPS) is 13.6. The van der Waals surface area contributed by atoms with Crippen LogP contribution in [0.4, 0.5) is 0 Å². The first-order valence-corrected chi connectivity index (χ1v) is 6.10. The zero-order valence-corrected chi connectivity index (χ0v) is 10.9. The van der Waals surface area contributed by atoms with Crippen molar-refractivity contribution in [1.29, 1.82) is 0 Å². The fourth-order valence-electron chi connectivity index (χ4n) is 1.43. The van der Waals surface area contributed by atoms with Crippen molar-refractivity contribution in [1.82, 2.24) is 0 Å². The fraction of sp³-hybridized carbons (Fsp3) is 0.571. The van der Waals surface area contributed by atoms with Crippen LogP contribution in [0.2, 0.25) is 0 Å². The van der Waals surface area contributed by atoms with Gasteiger partial charge in [0.25, 0.3) is 0 Å². The molecule has 1 atom stereocenters. The predicted octanol–water partition coefficient (Wildman–Crippen LogP) is 2.47. The minimum atomic E-state index is -0.105. The van der Waals surface area contributed by atoms with E-state index in [9.17, 15) is 5.11 Å². The lowest BCUT2D eigenvalue weighted by atomic mass is 10.1. The Kier molecular flexibility index (Phi) is 4.97. The fourth-order valence-corrected chi connectivity index (χ4v) is 1.43. The number of phenols is 1. The van der Waals surface area contributed by atoms with Gasteiger partial charge in [0.15, 0.2) is 0 Å². The third kappa shape index (κ3) is 5.20. The number of aromatic hydroxyl groups is 1. The van der Waals surface area contributed by atoms with Crippen LogP contribution in [0.5, 0.6) is 5.75 Å². The molecule has 1 aromatic rings.